The van der Waals surface area contributed by atoms with Crippen molar-refractivity contribution in [3.63, 3.8) is 0 Å². The van der Waals surface area contributed by atoms with Crippen molar-refractivity contribution in [2.45, 2.75) is 25.9 Å². The average Bonchev–Trinajstić information content (AvgIpc) is 3.15. The molecule has 0 bridgehead atoms. The van der Waals surface area contributed by atoms with Gasteiger partial charge < -0.3 is 14.5 Å². The number of hydrogen-bond donors (Lipinski definition) is 0. The van der Waals surface area contributed by atoms with Crippen LogP contribution in [-0.4, -0.2) is 46.6 Å². The fourth-order valence-corrected chi connectivity index (χ4v) is 4.06. The second-order valence-corrected chi connectivity index (χ2v) is 8.42. The van der Waals surface area contributed by atoms with Crippen LogP contribution in [0.2, 0.25) is 0 Å². The van der Waals surface area contributed by atoms with Gasteiger partial charge in [-0.05, 0) is 35.7 Å². The maximum Gasteiger partial charge on any atom is 0.268 e. The van der Waals surface area contributed by atoms with Crippen molar-refractivity contribution in [3.8, 4) is 5.75 Å². The highest BCUT2D eigenvalue weighted by Gasteiger charge is 2.35. The van der Waals surface area contributed by atoms with Crippen LogP contribution in [0, 0.1) is 11.7 Å². The Kier molecular flexibility index (Phi) is 5.43. The molecule has 4 heterocycles. The van der Waals surface area contributed by atoms with Crippen LogP contribution in [0.4, 0.5) is 16.0 Å². The number of nitrogens with zero attached hydrogens (tertiary/aromatic N) is 5. The Morgan fingerprint density at radius 3 is 2.44 bits per heavy atom. The summed E-state index contributed by atoms with van der Waals surface area (Å²) < 4.78 is 19.0. The zero-order valence-corrected chi connectivity index (χ0v) is 17.8. The first-order chi connectivity index (χ1) is 15.5. The molecule has 8 heteroatoms. The molecular formula is C24H24FN5O2. The van der Waals surface area contributed by atoms with E-state index in [9.17, 15) is 9.18 Å². The van der Waals surface area contributed by atoms with Crippen molar-refractivity contribution in [1.82, 2.24) is 15.0 Å². The molecule has 7 nitrogen and oxygen atoms in total. The summed E-state index contributed by atoms with van der Waals surface area (Å²) >= 11 is 0. The molecular weight excluding hydrogens is 409 g/mol. The molecule has 0 saturated carbocycles. The number of rotatable bonds is 6. The molecule has 2 fully saturated rings. The van der Waals surface area contributed by atoms with Gasteiger partial charge in [-0.25, -0.2) is 14.4 Å². The van der Waals surface area contributed by atoms with E-state index in [0.29, 0.717) is 42.7 Å². The second-order valence-electron chi connectivity index (χ2n) is 8.42. The first-order valence-corrected chi connectivity index (χ1v) is 10.8. The monoisotopic (exact) mass is 433 g/mol. The normalized spacial score (nSPS) is 18.7. The van der Waals surface area contributed by atoms with Gasteiger partial charge >= 0.3 is 0 Å². The van der Waals surface area contributed by atoms with Crippen molar-refractivity contribution < 1.29 is 13.9 Å². The van der Waals surface area contributed by atoms with Gasteiger partial charge in [0.05, 0.1) is 24.3 Å². The van der Waals surface area contributed by atoms with Gasteiger partial charge in [0.2, 0.25) is 5.95 Å². The van der Waals surface area contributed by atoms with Gasteiger partial charge in [-0.1, -0.05) is 19.1 Å². The molecule has 1 aromatic carbocycles. The third kappa shape index (κ3) is 4.26. The second kappa shape index (κ2) is 8.53. The number of pyridine rings is 1. The Morgan fingerprint density at radius 2 is 1.78 bits per heavy atom. The van der Waals surface area contributed by atoms with Gasteiger partial charge in [-0.2, -0.15) is 0 Å². The smallest absolute Gasteiger partial charge is 0.268 e. The van der Waals surface area contributed by atoms with Crippen molar-refractivity contribution in [2.75, 3.05) is 29.4 Å². The van der Waals surface area contributed by atoms with Gasteiger partial charge in [0.25, 0.3) is 5.91 Å². The highest BCUT2D eigenvalue weighted by atomic mass is 19.1. The van der Waals surface area contributed by atoms with Crippen LogP contribution in [0.1, 0.15) is 24.6 Å². The molecule has 164 valence electrons. The summed E-state index contributed by atoms with van der Waals surface area (Å²) in [5.74, 6) is 1.57. The number of halogens is 1. The summed E-state index contributed by atoms with van der Waals surface area (Å²) in [5.41, 5.74) is 2.51. The fourth-order valence-electron chi connectivity index (χ4n) is 4.06. The molecule has 2 saturated heterocycles. The largest absolute Gasteiger partial charge is 0.479 e. The molecule has 2 aliphatic rings. The van der Waals surface area contributed by atoms with Gasteiger partial charge in [0, 0.05) is 38.2 Å². The summed E-state index contributed by atoms with van der Waals surface area (Å²) in [5, 5.41) is 0. The summed E-state index contributed by atoms with van der Waals surface area (Å²) in [7, 11) is 0. The Morgan fingerprint density at radius 1 is 1.03 bits per heavy atom. The number of carbonyl (C=O) groups is 1. The Bertz CT molecular complexity index is 1080. The van der Waals surface area contributed by atoms with E-state index in [4.69, 9.17) is 4.74 Å². The lowest BCUT2D eigenvalue weighted by molar-refractivity contribution is -0.122. The highest BCUT2D eigenvalue weighted by Crippen LogP contribution is 2.26. The van der Waals surface area contributed by atoms with Crippen LogP contribution in [-0.2, 0) is 11.2 Å². The molecule has 0 N–H and O–H groups in total. The van der Waals surface area contributed by atoms with Crippen LogP contribution < -0.4 is 14.5 Å². The Hall–Kier alpha value is -3.55. The van der Waals surface area contributed by atoms with E-state index < -0.39 is 6.10 Å². The van der Waals surface area contributed by atoms with Crippen LogP contribution in [0.3, 0.4) is 0 Å². The fraction of sp³-hybridized carbons (Fsp3) is 0.333. The number of amides is 1. The van der Waals surface area contributed by atoms with E-state index in [2.05, 4.69) is 26.8 Å². The maximum atomic E-state index is 13.0. The standard InChI is InChI=1S/C24H24FN5O2/c1-16-14-29(15-16)24-27-11-20(12-28-24)30-9-8-22(23(30)31)32-21-7-6-19(26-13-21)10-17-2-4-18(25)5-3-17/h2-7,11-13,16,22H,8-10,14-15H2,1H3/t22-/m1/s1. The van der Waals surface area contributed by atoms with E-state index in [-0.39, 0.29) is 11.7 Å². The van der Waals surface area contributed by atoms with Crippen LogP contribution in [0.15, 0.2) is 55.0 Å². The summed E-state index contributed by atoms with van der Waals surface area (Å²) in [4.78, 5) is 29.9. The third-order valence-corrected chi connectivity index (χ3v) is 5.81. The minimum Gasteiger partial charge on any atom is -0.479 e. The summed E-state index contributed by atoms with van der Waals surface area (Å²) in [6, 6.07) is 10.0. The number of aromatic nitrogens is 3. The van der Waals surface area contributed by atoms with Crippen molar-refractivity contribution in [1.29, 1.82) is 0 Å². The first-order valence-electron chi connectivity index (χ1n) is 10.8. The number of ether oxygens (including phenoxy) is 1. The summed E-state index contributed by atoms with van der Waals surface area (Å²) in [6.07, 6.45) is 5.66. The molecule has 32 heavy (non-hydrogen) atoms. The van der Waals surface area contributed by atoms with Crippen molar-refractivity contribution in [2.24, 2.45) is 5.92 Å². The van der Waals surface area contributed by atoms with Crippen LogP contribution >= 0.6 is 0 Å². The molecule has 0 spiro atoms. The van der Waals surface area contributed by atoms with E-state index in [1.54, 1.807) is 35.6 Å². The molecule has 1 atom stereocenters. The zero-order valence-electron chi connectivity index (χ0n) is 17.8. The number of hydrogen-bond acceptors (Lipinski definition) is 6. The molecule has 1 amide bonds. The average molecular weight is 433 g/mol. The predicted molar refractivity (Wildman–Crippen MR) is 118 cm³/mol. The Balaban J connectivity index is 1.18. The molecule has 0 unspecified atom stereocenters. The van der Waals surface area contributed by atoms with Gasteiger partial charge in [0.1, 0.15) is 11.6 Å². The lowest BCUT2D eigenvalue weighted by atomic mass is 10.0. The lowest BCUT2D eigenvalue weighted by Gasteiger charge is -2.37. The molecule has 2 aromatic heterocycles. The van der Waals surface area contributed by atoms with Gasteiger partial charge in [-0.15, -0.1) is 0 Å². The van der Waals surface area contributed by atoms with E-state index in [1.165, 1.54) is 12.1 Å². The quantitative estimate of drug-likeness (QED) is 0.594. The van der Waals surface area contributed by atoms with E-state index >= 15 is 0 Å². The van der Waals surface area contributed by atoms with Crippen molar-refractivity contribution in [3.05, 3.63) is 72.1 Å². The molecule has 0 radical (unpaired) electrons. The predicted octanol–water partition coefficient (Wildman–Crippen LogP) is 3.24. The van der Waals surface area contributed by atoms with E-state index in [0.717, 1.165) is 24.3 Å². The molecule has 3 aromatic rings. The Labute approximate surface area is 185 Å². The molecule has 0 aliphatic carbocycles. The first kappa shape index (κ1) is 20.4. The van der Waals surface area contributed by atoms with Crippen molar-refractivity contribution >= 4 is 17.5 Å². The lowest BCUT2D eigenvalue weighted by Crippen LogP contribution is -2.46. The zero-order chi connectivity index (χ0) is 22.1. The van der Waals surface area contributed by atoms with Gasteiger partial charge in [-0.3, -0.25) is 9.78 Å². The minimum atomic E-state index is -0.560. The number of benzene rings is 1. The molecule has 2 aliphatic heterocycles. The minimum absolute atomic E-state index is 0.102. The van der Waals surface area contributed by atoms with Crippen LogP contribution in [0.5, 0.6) is 5.75 Å². The maximum absolute atomic E-state index is 13.0. The number of anilines is 2. The van der Waals surface area contributed by atoms with Crippen LogP contribution in [0.25, 0.3) is 0 Å². The number of carbonyl (C=O) groups excluding carboxylic acids is 1. The summed E-state index contributed by atoms with van der Waals surface area (Å²) in [6.45, 7) is 4.69. The van der Waals surface area contributed by atoms with Gasteiger partial charge in [0.15, 0.2) is 6.10 Å². The molecule has 5 rings (SSSR count). The third-order valence-electron chi connectivity index (χ3n) is 5.81. The topological polar surface area (TPSA) is 71.5 Å². The SMILES string of the molecule is CC1CN(c2ncc(N3CC[C@@H](Oc4ccc(Cc5ccc(F)cc5)nc4)C3=O)cn2)C1. The van der Waals surface area contributed by atoms with E-state index in [1.807, 2.05) is 12.1 Å². The highest BCUT2D eigenvalue weighted by molar-refractivity contribution is 5.98.